The zero-order valence-corrected chi connectivity index (χ0v) is 13.1. The van der Waals surface area contributed by atoms with Crippen molar-refractivity contribution < 1.29 is 4.79 Å². The Bertz CT molecular complexity index is 208. The molecule has 0 aliphatic rings. The van der Waals surface area contributed by atoms with E-state index in [2.05, 4.69) is 37.9 Å². The average molecular weight is 280 g/mol. The van der Waals surface area contributed by atoms with Crippen molar-refractivity contribution in [2.24, 2.45) is 11.7 Å². The lowest BCUT2D eigenvalue weighted by molar-refractivity contribution is -0.121. The minimum Gasteiger partial charge on any atom is -0.354 e. The minimum absolute atomic E-state index is 0. The fourth-order valence-electron chi connectivity index (χ4n) is 2.10. The maximum Gasteiger partial charge on any atom is 0.221 e. The summed E-state index contributed by atoms with van der Waals surface area (Å²) in [5, 5.41) is 2.98. The Morgan fingerprint density at radius 2 is 1.83 bits per heavy atom. The minimum atomic E-state index is 0. The lowest BCUT2D eigenvalue weighted by Crippen LogP contribution is -2.44. The van der Waals surface area contributed by atoms with Crippen molar-refractivity contribution in [3.05, 3.63) is 0 Å². The Labute approximate surface area is 118 Å². The van der Waals surface area contributed by atoms with Gasteiger partial charge in [0.1, 0.15) is 0 Å². The van der Waals surface area contributed by atoms with E-state index in [1.807, 2.05) is 0 Å². The van der Waals surface area contributed by atoms with Gasteiger partial charge in [-0.1, -0.05) is 27.7 Å². The zero-order chi connectivity index (χ0) is 13.3. The van der Waals surface area contributed by atoms with Crippen LogP contribution in [0, 0.1) is 5.92 Å². The van der Waals surface area contributed by atoms with E-state index in [4.69, 9.17) is 5.73 Å². The van der Waals surface area contributed by atoms with Crippen LogP contribution in [0.3, 0.4) is 0 Å². The molecule has 0 saturated carbocycles. The smallest absolute Gasteiger partial charge is 0.221 e. The van der Waals surface area contributed by atoms with Crippen molar-refractivity contribution in [1.82, 2.24) is 10.2 Å². The molecule has 18 heavy (non-hydrogen) atoms. The molecule has 0 aromatic rings. The summed E-state index contributed by atoms with van der Waals surface area (Å²) in [6, 6.07) is 0.437. The van der Waals surface area contributed by atoms with Crippen molar-refractivity contribution in [3.8, 4) is 0 Å². The third-order valence-corrected chi connectivity index (χ3v) is 2.98. The SMILES string of the molecule is CCN(CC)C(CNC(=O)CCN)CC(C)C.Cl. The van der Waals surface area contributed by atoms with Gasteiger partial charge in [-0.15, -0.1) is 12.4 Å². The molecule has 0 aromatic carbocycles. The quantitative estimate of drug-likeness (QED) is 0.674. The van der Waals surface area contributed by atoms with E-state index in [0.717, 1.165) is 26.1 Å². The molecular formula is C13H30ClN3O. The van der Waals surface area contributed by atoms with Crippen LogP contribution in [0.25, 0.3) is 0 Å². The second kappa shape index (κ2) is 11.8. The first kappa shape index (κ1) is 20.0. The normalized spacial score (nSPS) is 12.4. The molecule has 0 spiro atoms. The summed E-state index contributed by atoms with van der Waals surface area (Å²) < 4.78 is 0. The number of likely N-dealkylation sites (N-methyl/N-ethyl adjacent to an activating group) is 1. The highest BCUT2D eigenvalue weighted by atomic mass is 35.5. The van der Waals surface area contributed by atoms with Crippen LogP contribution in [0.15, 0.2) is 0 Å². The number of halogens is 1. The van der Waals surface area contributed by atoms with E-state index in [1.54, 1.807) is 0 Å². The first-order chi connectivity index (χ1) is 8.04. The summed E-state index contributed by atoms with van der Waals surface area (Å²) >= 11 is 0. The second-order valence-corrected chi connectivity index (χ2v) is 4.85. The number of nitrogens with one attached hydrogen (secondary N) is 1. The van der Waals surface area contributed by atoms with E-state index >= 15 is 0 Å². The molecular weight excluding hydrogens is 250 g/mol. The summed E-state index contributed by atoms with van der Waals surface area (Å²) in [5.74, 6) is 0.709. The van der Waals surface area contributed by atoms with Crippen molar-refractivity contribution >= 4 is 18.3 Å². The molecule has 4 nitrogen and oxygen atoms in total. The fourth-order valence-corrected chi connectivity index (χ4v) is 2.10. The van der Waals surface area contributed by atoms with Crippen LogP contribution in [0.2, 0.25) is 0 Å². The second-order valence-electron chi connectivity index (χ2n) is 4.85. The largest absolute Gasteiger partial charge is 0.354 e. The van der Waals surface area contributed by atoms with Gasteiger partial charge in [-0.3, -0.25) is 9.69 Å². The molecule has 0 aliphatic heterocycles. The lowest BCUT2D eigenvalue weighted by atomic mass is 10.0. The van der Waals surface area contributed by atoms with Gasteiger partial charge in [0.05, 0.1) is 0 Å². The Balaban J connectivity index is 0. The number of hydrogen-bond donors (Lipinski definition) is 2. The summed E-state index contributed by atoms with van der Waals surface area (Å²) in [4.78, 5) is 13.8. The van der Waals surface area contributed by atoms with E-state index < -0.39 is 0 Å². The fraction of sp³-hybridized carbons (Fsp3) is 0.923. The topological polar surface area (TPSA) is 58.4 Å². The number of amides is 1. The molecule has 1 amide bonds. The monoisotopic (exact) mass is 279 g/mol. The van der Waals surface area contributed by atoms with Gasteiger partial charge in [0.25, 0.3) is 0 Å². The zero-order valence-electron chi connectivity index (χ0n) is 12.2. The van der Waals surface area contributed by atoms with Gasteiger partial charge in [0.15, 0.2) is 0 Å². The van der Waals surface area contributed by atoms with E-state index in [-0.39, 0.29) is 18.3 Å². The van der Waals surface area contributed by atoms with Gasteiger partial charge in [-0.2, -0.15) is 0 Å². The van der Waals surface area contributed by atoms with Crippen LogP contribution in [0.5, 0.6) is 0 Å². The summed E-state index contributed by atoms with van der Waals surface area (Å²) in [6.45, 7) is 12.0. The molecule has 1 unspecified atom stereocenters. The van der Waals surface area contributed by atoms with Crippen molar-refractivity contribution in [2.45, 2.75) is 46.6 Å². The molecule has 1 atom stereocenters. The molecule has 0 heterocycles. The van der Waals surface area contributed by atoms with Crippen molar-refractivity contribution in [2.75, 3.05) is 26.2 Å². The molecule has 5 heteroatoms. The molecule has 3 N–H and O–H groups in total. The maximum absolute atomic E-state index is 11.4. The first-order valence-electron chi connectivity index (χ1n) is 6.75. The van der Waals surface area contributed by atoms with E-state index in [1.165, 1.54) is 0 Å². The summed E-state index contributed by atoms with van der Waals surface area (Å²) in [5.41, 5.74) is 5.36. The van der Waals surface area contributed by atoms with Crippen LogP contribution < -0.4 is 11.1 Å². The molecule has 0 aliphatic carbocycles. The molecule has 0 radical (unpaired) electrons. The van der Waals surface area contributed by atoms with Crippen LogP contribution in [0.4, 0.5) is 0 Å². The van der Waals surface area contributed by atoms with Gasteiger partial charge in [0.2, 0.25) is 5.91 Å². The standard InChI is InChI=1S/C13H29N3O.ClH/c1-5-16(6-2)12(9-11(3)4)10-15-13(17)7-8-14;/h11-12H,5-10,14H2,1-4H3,(H,15,17);1H. The van der Waals surface area contributed by atoms with Crippen LogP contribution in [-0.2, 0) is 4.79 Å². The van der Waals surface area contributed by atoms with Crippen LogP contribution in [-0.4, -0.2) is 43.0 Å². The van der Waals surface area contributed by atoms with Crippen LogP contribution in [0.1, 0.15) is 40.5 Å². The molecule has 0 rings (SSSR count). The Kier molecular flexibility index (Phi) is 13.1. The third-order valence-electron chi connectivity index (χ3n) is 2.98. The predicted octanol–water partition coefficient (Wildman–Crippen LogP) is 1.63. The molecule has 110 valence electrons. The Morgan fingerprint density at radius 1 is 1.28 bits per heavy atom. The van der Waals surface area contributed by atoms with E-state index in [0.29, 0.717) is 24.9 Å². The molecule has 0 fully saturated rings. The van der Waals surface area contributed by atoms with Gasteiger partial charge in [-0.25, -0.2) is 0 Å². The highest BCUT2D eigenvalue weighted by molar-refractivity contribution is 5.85. The predicted molar refractivity (Wildman–Crippen MR) is 80.1 cm³/mol. The average Bonchev–Trinajstić information content (AvgIpc) is 2.27. The van der Waals surface area contributed by atoms with Gasteiger partial charge in [0, 0.05) is 25.6 Å². The number of carbonyl (C=O) groups is 1. The molecule has 0 bridgehead atoms. The highest BCUT2D eigenvalue weighted by Crippen LogP contribution is 2.10. The van der Waals surface area contributed by atoms with Crippen molar-refractivity contribution in [3.63, 3.8) is 0 Å². The first-order valence-corrected chi connectivity index (χ1v) is 6.75. The van der Waals surface area contributed by atoms with E-state index in [9.17, 15) is 4.79 Å². The maximum atomic E-state index is 11.4. The molecule has 0 saturated heterocycles. The Morgan fingerprint density at radius 3 is 2.22 bits per heavy atom. The number of carbonyl (C=O) groups excluding carboxylic acids is 1. The van der Waals surface area contributed by atoms with Gasteiger partial charge in [-0.05, 0) is 25.4 Å². The van der Waals surface area contributed by atoms with Crippen molar-refractivity contribution in [1.29, 1.82) is 0 Å². The summed E-state index contributed by atoms with van der Waals surface area (Å²) in [7, 11) is 0. The number of nitrogens with two attached hydrogens (primary N) is 1. The number of hydrogen-bond acceptors (Lipinski definition) is 3. The van der Waals surface area contributed by atoms with Gasteiger partial charge < -0.3 is 11.1 Å². The van der Waals surface area contributed by atoms with Gasteiger partial charge >= 0.3 is 0 Å². The molecule has 0 aromatic heterocycles. The number of nitrogens with zero attached hydrogens (tertiary/aromatic N) is 1. The third kappa shape index (κ3) is 8.72. The Hall–Kier alpha value is -0.320. The highest BCUT2D eigenvalue weighted by Gasteiger charge is 2.17. The van der Waals surface area contributed by atoms with Crippen LogP contribution >= 0.6 is 12.4 Å². The summed E-state index contributed by atoms with van der Waals surface area (Å²) in [6.07, 6.45) is 1.54. The lowest BCUT2D eigenvalue weighted by Gasteiger charge is -2.31. The number of rotatable bonds is 9.